The number of esters is 1. The van der Waals surface area contributed by atoms with Crippen LogP contribution in [-0.2, 0) is 19.7 Å². The second-order valence-electron chi connectivity index (χ2n) is 5.95. The molecule has 2 atom stereocenters. The van der Waals surface area contributed by atoms with Crippen LogP contribution in [0.1, 0.15) is 24.8 Å². The molecule has 2 aliphatic rings. The van der Waals surface area contributed by atoms with Crippen molar-refractivity contribution >= 4 is 11.9 Å². The highest BCUT2D eigenvalue weighted by atomic mass is 19.1. The molecule has 22 heavy (non-hydrogen) atoms. The van der Waals surface area contributed by atoms with Gasteiger partial charge in [0.15, 0.2) is 0 Å². The zero-order valence-electron chi connectivity index (χ0n) is 12.3. The van der Waals surface area contributed by atoms with E-state index in [1.807, 2.05) is 0 Å². The molecule has 6 heteroatoms. The number of ether oxygens (including phenoxy) is 1. The number of rotatable bonds is 3. The Labute approximate surface area is 127 Å². The van der Waals surface area contributed by atoms with Gasteiger partial charge in [-0.3, -0.25) is 4.79 Å². The van der Waals surface area contributed by atoms with Crippen LogP contribution >= 0.6 is 0 Å². The molecule has 0 spiro atoms. The lowest BCUT2D eigenvalue weighted by Gasteiger charge is -2.27. The number of aliphatic hydroxyl groups excluding tert-OH is 1. The zero-order valence-corrected chi connectivity index (χ0v) is 12.3. The number of hydrogen-bond donors (Lipinski definition) is 1. The number of carbonyl (C=O) groups excluding carboxylic acids is 2. The summed E-state index contributed by atoms with van der Waals surface area (Å²) in [5.41, 5.74) is -0.535. The molecule has 0 aromatic heterocycles. The molecule has 1 amide bonds. The molecular weight excluding hydrogens is 289 g/mol. The van der Waals surface area contributed by atoms with Gasteiger partial charge in [-0.1, -0.05) is 18.2 Å². The highest BCUT2D eigenvalue weighted by Crippen LogP contribution is 2.51. The third-order valence-electron chi connectivity index (χ3n) is 4.56. The minimum atomic E-state index is -0.901. The lowest BCUT2D eigenvalue weighted by Crippen LogP contribution is -2.46. The van der Waals surface area contributed by atoms with E-state index in [4.69, 9.17) is 4.74 Å². The first-order chi connectivity index (χ1) is 10.5. The average Bonchev–Trinajstić information content (AvgIpc) is 3.22. The molecule has 1 aromatic rings. The Morgan fingerprint density at radius 2 is 2.05 bits per heavy atom. The van der Waals surface area contributed by atoms with E-state index >= 15 is 0 Å². The van der Waals surface area contributed by atoms with Gasteiger partial charge in [0.2, 0.25) is 5.91 Å². The van der Waals surface area contributed by atoms with Crippen LogP contribution in [0.3, 0.4) is 0 Å². The second kappa shape index (κ2) is 5.35. The minimum Gasteiger partial charge on any atom is -0.467 e. The molecule has 0 radical (unpaired) electrons. The van der Waals surface area contributed by atoms with Crippen LogP contribution in [0.2, 0.25) is 0 Å². The number of β-amino-alcohol motifs (C(OH)–C–C–N with tert-alkyl or cyclic N) is 1. The Bertz CT molecular complexity index is 614. The van der Waals surface area contributed by atoms with E-state index in [0.717, 1.165) is 0 Å². The van der Waals surface area contributed by atoms with Gasteiger partial charge in [0.25, 0.3) is 0 Å². The number of hydrogen-bond acceptors (Lipinski definition) is 4. The first-order valence-corrected chi connectivity index (χ1v) is 7.31. The zero-order chi connectivity index (χ0) is 15.9. The van der Waals surface area contributed by atoms with Crippen LogP contribution in [0.15, 0.2) is 24.3 Å². The summed E-state index contributed by atoms with van der Waals surface area (Å²) in [6.07, 6.45) is 0.496. The second-order valence-corrected chi connectivity index (χ2v) is 5.95. The average molecular weight is 307 g/mol. The first-order valence-electron chi connectivity index (χ1n) is 7.31. The lowest BCUT2D eigenvalue weighted by atomic mass is 9.93. The Morgan fingerprint density at radius 3 is 2.64 bits per heavy atom. The molecule has 1 aliphatic carbocycles. The molecule has 118 valence electrons. The summed E-state index contributed by atoms with van der Waals surface area (Å²) in [7, 11) is 1.25. The van der Waals surface area contributed by atoms with Crippen molar-refractivity contribution in [3.63, 3.8) is 0 Å². The fraction of sp³-hybridized carbons (Fsp3) is 0.500. The van der Waals surface area contributed by atoms with Gasteiger partial charge in [-0.2, -0.15) is 0 Å². The molecule has 2 unspecified atom stereocenters. The number of methoxy groups -OCH3 is 1. The van der Waals surface area contributed by atoms with Crippen molar-refractivity contribution in [3.8, 4) is 0 Å². The van der Waals surface area contributed by atoms with Gasteiger partial charge in [-0.15, -0.1) is 0 Å². The predicted octanol–water partition coefficient (Wildman–Crippen LogP) is 0.992. The van der Waals surface area contributed by atoms with E-state index in [1.165, 1.54) is 18.1 Å². The number of carbonyl (C=O) groups is 2. The van der Waals surface area contributed by atoms with E-state index in [1.54, 1.807) is 18.2 Å². The summed E-state index contributed by atoms with van der Waals surface area (Å²) >= 11 is 0. The number of amides is 1. The quantitative estimate of drug-likeness (QED) is 0.846. The molecule has 1 saturated carbocycles. The fourth-order valence-electron chi connectivity index (χ4n) is 3.25. The number of halogens is 1. The van der Waals surface area contributed by atoms with Crippen LogP contribution in [0, 0.1) is 5.82 Å². The maximum Gasteiger partial charge on any atom is 0.328 e. The Hall–Kier alpha value is -1.95. The predicted molar refractivity (Wildman–Crippen MR) is 75.5 cm³/mol. The smallest absolute Gasteiger partial charge is 0.328 e. The molecule has 2 fully saturated rings. The number of aliphatic hydroxyl groups is 1. The van der Waals surface area contributed by atoms with E-state index in [2.05, 4.69) is 0 Å². The molecule has 3 rings (SSSR count). The third kappa shape index (κ3) is 2.27. The maximum atomic E-state index is 14.1. The molecule has 1 heterocycles. The summed E-state index contributed by atoms with van der Waals surface area (Å²) in [6, 6.07) is 5.43. The van der Waals surface area contributed by atoms with Gasteiger partial charge >= 0.3 is 5.97 Å². The third-order valence-corrected chi connectivity index (χ3v) is 4.56. The molecule has 1 aliphatic heterocycles. The van der Waals surface area contributed by atoms with E-state index in [-0.39, 0.29) is 18.9 Å². The highest BCUT2D eigenvalue weighted by Gasteiger charge is 2.57. The lowest BCUT2D eigenvalue weighted by molar-refractivity contribution is -0.151. The monoisotopic (exact) mass is 307 g/mol. The Kier molecular flexibility index (Phi) is 3.64. The molecule has 1 aromatic carbocycles. The molecule has 5 nitrogen and oxygen atoms in total. The minimum absolute atomic E-state index is 0.0782. The first kappa shape index (κ1) is 15.0. The van der Waals surface area contributed by atoms with Gasteiger partial charge in [-0.25, -0.2) is 9.18 Å². The van der Waals surface area contributed by atoms with E-state index < -0.39 is 29.3 Å². The maximum absolute atomic E-state index is 14.1. The van der Waals surface area contributed by atoms with Crippen molar-refractivity contribution in [2.75, 3.05) is 13.7 Å². The van der Waals surface area contributed by atoms with Crippen molar-refractivity contribution in [2.45, 2.75) is 36.8 Å². The Morgan fingerprint density at radius 1 is 1.36 bits per heavy atom. The van der Waals surface area contributed by atoms with E-state index in [9.17, 15) is 19.1 Å². The van der Waals surface area contributed by atoms with Crippen LogP contribution < -0.4 is 0 Å². The number of likely N-dealkylation sites (tertiary alicyclic amines) is 1. The van der Waals surface area contributed by atoms with Gasteiger partial charge in [0.1, 0.15) is 11.9 Å². The summed E-state index contributed by atoms with van der Waals surface area (Å²) in [5.74, 6) is -1.26. The summed E-state index contributed by atoms with van der Waals surface area (Å²) < 4.78 is 18.8. The molecule has 1 N–H and O–H groups in total. The topological polar surface area (TPSA) is 66.8 Å². The SMILES string of the molecule is COC(=O)C1CC(O)CN1C(=O)C1(c2ccccc2F)CC1. The van der Waals surface area contributed by atoms with Gasteiger partial charge in [0.05, 0.1) is 18.6 Å². The van der Waals surface area contributed by atoms with Crippen LogP contribution in [0.5, 0.6) is 0 Å². The number of benzene rings is 1. The number of nitrogens with zero attached hydrogens (tertiary/aromatic N) is 1. The molecule has 1 saturated heterocycles. The highest BCUT2D eigenvalue weighted by molar-refractivity contribution is 5.94. The van der Waals surface area contributed by atoms with Crippen molar-refractivity contribution in [2.24, 2.45) is 0 Å². The standard InChI is InChI=1S/C16H18FNO4/c1-22-14(20)13-8-10(19)9-18(13)15(21)16(6-7-16)11-4-2-3-5-12(11)17/h2-5,10,13,19H,6-9H2,1H3. The summed E-state index contributed by atoms with van der Waals surface area (Å²) in [5, 5.41) is 9.80. The molecule has 0 bridgehead atoms. The van der Waals surface area contributed by atoms with Gasteiger partial charge in [-0.05, 0) is 18.9 Å². The van der Waals surface area contributed by atoms with Crippen molar-refractivity contribution in [1.82, 2.24) is 4.90 Å². The van der Waals surface area contributed by atoms with Crippen molar-refractivity contribution in [3.05, 3.63) is 35.6 Å². The normalized spacial score (nSPS) is 25.9. The Balaban J connectivity index is 1.90. The van der Waals surface area contributed by atoms with Crippen LogP contribution in [-0.4, -0.2) is 47.7 Å². The van der Waals surface area contributed by atoms with Crippen LogP contribution in [0.25, 0.3) is 0 Å². The summed E-state index contributed by atoms with van der Waals surface area (Å²) in [6.45, 7) is 0.0782. The fourth-order valence-corrected chi connectivity index (χ4v) is 3.25. The van der Waals surface area contributed by atoms with Crippen LogP contribution in [0.4, 0.5) is 4.39 Å². The van der Waals surface area contributed by atoms with E-state index in [0.29, 0.717) is 18.4 Å². The largest absolute Gasteiger partial charge is 0.467 e. The van der Waals surface area contributed by atoms with Gasteiger partial charge in [0, 0.05) is 18.5 Å². The molecular formula is C16H18FNO4. The van der Waals surface area contributed by atoms with Crippen molar-refractivity contribution in [1.29, 1.82) is 0 Å². The van der Waals surface area contributed by atoms with Gasteiger partial charge < -0.3 is 14.7 Å². The van der Waals surface area contributed by atoms with Crippen molar-refractivity contribution < 1.29 is 23.8 Å². The summed E-state index contributed by atoms with van der Waals surface area (Å²) in [4.78, 5) is 26.1.